The highest BCUT2D eigenvalue weighted by atomic mass is 28.4. The van der Waals surface area contributed by atoms with E-state index in [4.69, 9.17) is 0 Å². The maximum absolute atomic E-state index is 11.3. The van der Waals surface area contributed by atoms with Gasteiger partial charge in [-0.25, -0.2) is 19.7 Å². The van der Waals surface area contributed by atoms with E-state index >= 15 is 0 Å². The van der Waals surface area contributed by atoms with Crippen molar-refractivity contribution >= 4 is 22.5 Å². The molecule has 0 aliphatic carbocycles. The second-order valence-corrected chi connectivity index (χ2v) is 15.9. The Labute approximate surface area is 99.6 Å². The molecule has 0 aromatic heterocycles. The van der Waals surface area contributed by atoms with Gasteiger partial charge in [0.05, 0.1) is 6.20 Å². The first-order chi connectivity index (χ1) is 7.12. The number of hydrazine groups is 2. The van der Waals surface area contributed by atoms with Crippen LogP contribution in [0.15, 0.2) is 12.4 Å². The minimum atomic E-state index is -1.51. The lowest BCUT2D eigenvalue weighted by atomic mass is 10.8. The monoisotopic (exact) mass is 258 g/mol. The van der Waals surface area contributed by atoms with E-state index in [1.165, 1.54) is 0 Å². The van der Waals surface area contributed by atoms with Gasteiger partial charge in [0.15, 0.2) is 0 Å². The Kier molecular flexibility index (Phi) is 3.51. The third-order valence-corrected chi connectivity index (χ3v) is 9.13. The summed E-state index contributed by atoms with van der Waals surface area (Å²) in [7, 11) is -3.02. The van der Waals surface area contributed by atoms with Crippen molar-refractivity contribution in [3.8, 4) is 0 Å². The third-order valence-electron chi connectivity index (χ3n) is 2.13. The van der Waals surface area contributed by atoms with Crippen molar-refractivity contribution in [1.29, 1.82) is 0 Å². The summed E-state index contributed by atoms with van der Waals surface area (Å²) in [6, 6.07) is -0.177. The van der Waals surface area contributed by atoms with Crippen LogP contribution in [0.25, 0.3) is 0 Å². The predicted molar refractivity (Wildman–Crippen MR) is 71.2 cm³/mol. The van der Waals surface area contributed by atoms with Gasteiger partial charge in [0.25, 0.3) is 0 Å². The maximum Gasteiger partial charge on any atom is 0.338 e. The molecule has 1 aliphatic rings. The zero-order valence-electron chi connectivity index (χ0n) is 11.0. The van der Waals surface area contributed by atoms with Gasteiger partial charge in [0.1, 0.15) is 16.5 Å². The summed E-state index contributed by atoms with van der Waals surface area (Å²) in [5, 5.41) is 4.46. The second-order valence-electron chi connectivity index (χ2n) is 5.90. The Morgan fingerprint density at radius 1 is 1.12 bits per heavy atom. The number of rotatable bonds is 3. The van der Waals surface area contributed by atoms with E-state index in [0.717, 1.165) is 0 Å². The predicted octanol–water partition coefficient (Wildman–Crippen LogP) is 1.87. The highest BCUT2D eigenvalue weighted by Gasteiger charge is 2.39. The molecule has 0 bridgehead atoms. The largest absolute Gasteiger partial charge is 0.338 e. The molecular formula is C9H22N4OSi2. The minimum absolute atomic E-state index is 0.177. The van der Waals surface area contributed by atoms with Crippen LogP contribution in [0, 0.1) is 0 Å². The Bertz CT molecular complexity index is 292. The van der Waals surface area contributed by atoms with E-state index in [9.17, 15) is 4.79 Å². The maximum atomic E-state index is 11.3. The molecule has 0 unspecified atom stereocenters. The number of hydrogen-bond donors (Lipinski definition) is 2. The van der Waals surface area contributed by atoms with E-state index in [2.05, 4.69) is 54.4 Å². The normalized spacial score (nSPS) is 17.4. The van der Waals surface area contributed by atoms with Crippen molar-refractivity contribution < 1.29 is 4.79 Å². The molecular weight excluding hydrogens is 236 g/mol. The van der Waals surface area contributed by atoms with Crippen LogP contribution in [0.5, 0.6) is 0 Å². The van der Waals surface area contributed by atoms with Crippen molar-refractivity contribution in [3.05, 3.63) is 12.4 Å². The van der Waals surface area contributed by atoms with Crippen molar-refractivity contribution in [1.82, 2.24) is 20.2 Å². The first-order valence-electron chi connectivity index (χ1n) is 5.46. The third kappa shape index (κ3) is 3.10. The Balaban J connectivity index is 2.98. The first kappa shape index (κ1) is 13.3. The Hall–Kier alpha value is -0.796. The smallest absolute Gasteiger partial charge is 0.312 e. The van der Waals surface area contributed by atoms with Crippen LogP contribution in [0.4, 0.5) is 4.79 Å². The SMILES string of the molecule is C[Si](C)(C)N(N1C=CNC(=O)N1)[Si](C)(C)C. The van der Waals surface area contributed by atoms with Gasteiger partial charge in [-0.05, 0) is 0 Å². The summed E-state index contributed by atoms with van der Waals surface area (Å²) < 4.78 is 2.40. The molecule has 92 valence electrons. The lowest BCUT2D eigenvalue weighted by Crippen LogP contribution is -2.69. The number of nitrogens with zero attached hydrogens (tertiary/aromatic N) is 2. The average molecular weight is 258 g/mol. The van der Waals surface area contributed by atoms with Crippen molar-refractivity contribution in [3.63, 3.8) is 0 Å². The number of amides is 2. The molecule has 0 aromatic rings. The van der Waals surface area contributed by atoms with Gasteiger partial charge in [-0.1, -0.05) is 39.3 Å². The van der Waals surface area contributed by atoms with Crippen molar-refractivity contribution in [2.24, 2.45) is 0 Å². The van der Waals surface area contributed by atoms with Gasteiger partial charge in [-0.3, -0.25) is 0 Å². The van der Waals surface area contributed by atoms with E-state index < -0.39 is 16.5 Å². The van der Waals surface area contributed by atoms with Gasteiger partial charge in [-0.2, -0.15) is 0 Å². The van der Waals surface area contributed by atoms with E-state index in [-0.39, 0.29) is 6.03 Å². The van der Waals surface area contributed by atoms with Crippen LogP contribution in [0.2, 0.25) is 39.3 Å². The molecule has 0 aromatic carbocycles. The molecule has 0 atom stereocenters. The number of hydrogen-bond acceptors (Lipinski definition) is 3. The molecule has 2 N–H and O–H groups in total. The molecule has 0 spiro atoms. The summed E-state index contributed by atoms with van der Waals surface area (Å²) >= 11 is 0. The molecule has 0 radical (unpaired) electrons. The Morgan fingerprint density at radius 2 is 1.62 bits per heavy atom. The fourth-order valence-corrected chi connectivity index (χ4v) is 11.7. The van der Waals surface area contributed by atoms with E-state index in [1.807, 2.05) is 11.3 Å². The van der Waals surface area contributed by atoms with Crippen molar-refractivity contribution in [2.75, 3.05) is 0 Å². The van der Waals surface area contributed by atoms with Gasteiger partial charge < -0.3 is 5.32 Å². The molecule has 0 fully saturated rings. The Morgan fingerprint density at radius 3 is 2.00 bits per heavy atom. The van der Waals surface area contributed by atoms with Crippen LogP contribution in [0.3, 0.4) is 0 Å². The highest BCUT2D eigenvalue weighted by Crippen LogP contribution is 2.21. The molecule has 1 rings (SSSR count). The summed E-state index contributed by atoms with van der Waals surface area (Å²) in [5.41, 5.74) is 2.82. The fraction of sp³-hybridized carbons (Fsp3) is 0.667. The molecule has 16 heavy (non-hydrogen) atoms. The van der Waals surface area contributed by atoms with E-state index in [0.29, 0.717) is 0 Å². The van der Waals surface area contributed by atoms with Gasteiger partial charge in [-0.15, -0.1) is 0 Å². The summed E-state index contributed by atoms with van der Waals surface area (Å²) in [4.78, 5) is 11.3. The van der Waals surface area contributed by atoms with Gasteiger partial charge >= 0.3 is 6.03 Å². The zero-order valence-corrected chi connectivity index (χ0v) is 13.0. The molecule has 0 saturated carbocycles. The van der Waals surface area contributed by atoms with Crippen LogP contribution in [-0.2, 0) is 0 Å². The van der Waals surface area contributed by atoms with Gasteiger partial charge in [0.2, 0.25) is 0 Å². The van der Waals surface area contributed by atoms with Crippen LogP contribution < -0.4 is 10.7 Å². The minimum Gasteiger partial charge on any atom is -0.312 e. The summed E-state index contributed by atoms with van der Waals surface area (Å²) in [6.07, 6.45) is 3.55. The zero-order chi connectivity index (χ0) is 12.6. The van der Waals surface area contributed by atoms with E-state index in [1.54, 1.807) is 6.20 Å². The van der Waals surface area contributed by atoms with Crippen LogP contribution in [0.1, 0.15) is 0 Å². The summed E-state index contributed by atoms with van der Waals surface area (Å²) in [6.45, 7) is 13.7. The quantitative estimate of drug-likeness (QED) is 0.760. The second kappa shape index (κ2) is 4.23. The van der Waals surface area contributed by atoms with Gasteiger partial charge in [0, 0.05) is 6.20 Å². The molecule has 0 saturated heterocycles. The standard InChI is InChI=1S/C9H22N4OSi2/c1-15(2,3)13(16(4,5)6)12-8-7-10-9(14)11-12/h7-8H,1-6H3,(H2,10,11,14). The molecule has 1 heterocycles. The summed E-state index contributed by atoms with van der Waals surface area (Å²) in [5.74, 6) is 0. The molecule has 7 heteroatoms. The number of nitrogens with one attached hydrogen (secondary N) is 2. The lowest BCUT2D eigenvalue weighted by Gasteiger charge is -2.49. The highest BCUT2D eigenvalue weighted by molar-refractivity contribution is 6.89. The fourth-order valence-electron chi connectivity index (χ4n) is 2.13. The molecule has 5 nitrogen and oxygen atoms in total. The molecule has 1 aliphatic heterocycles. The number of carbonyl (C=O) groups is 1. The number of carbonyl (C=O) groups excluding carboxylic acids is 1. The molecule has 2 amide bonds. The van der Waals surface area contributed by atoms with Crippen molar-refractivity contribution in [2.45, 2.75) is 39.3 Å². The average Bonchev–Trinajstić information content (AvgIpc) is 1.97. The van der Waals surface area contributed by atoms with Crippen LogP contribution >= 0.6 is 0 Å². The number of urea groups is 1. The first-order valence-corrected chi connectivity index (χ1v) is 12.3. The topological polar surface area (TPSA) is 47.6 Å². The van der Waals surface area contributed by atoms with Crippen LogP contribution in [-0.4, -0.2) is 32.0 Å². The lowest BCUT2D eigenvalue weighted by molar-refractivity contribution is 0.120.